The fourth-order valence-corrected chi connectivity index (χ4v) is 4.31. The van der Waals surface area contributed by atoms with E-state index in [-0.39, 0.29) is 29.6 Å². The van der Waals surface area contributed by atoms with Gasteiger partial charge in [-0.15, -0.1) is 0 Å². The van der Waals surface area contributed by atoms with Crippen LogP contribution in [0, 0.1) is 11.3 Å². The van der Waals surface area contributed by atoms with Crippen LogP contribution in [0.5, 0.6) is 17.2 Å². The summed E-state index contributed by atoms with van der Waals surface area (Å²) in [5.41, 5.74) is 4.08. The molecule has 2 amide bonds. The minimum absolute atomic E-state index is 0.202. The number of allylic oxidation sites excluding steroid dienone is 1. The number of benzene rings is 2. The van der Waals surface area contributed by atoms with Gasteiger partial charge < -0.3 is 34.7 Å². The van der Waals surface area contributed by atoms with Crippen LogP contribution in [0.15, 0.2) is 46.7 Å². The summed E-state index contributed by atoms with van der Waals surface area (Å²) in [5.74, 6) is 0.269. The van der Waals surface area contributed by atoms with Crippen molar-refractivity contribution >= 4 is 41.4 Å². The first-order chi connectivity index (χ1) is 19.2. The van der Waals surface area contributed by atoms with Crippen molar-refractivity contribution in [1.82, 2.24) is 16.1 Å². The SMILES string of the molecule is CCOc1cc([C@@H]2NC(=O)NC(C)=C2C(=O)OC)ccc1OC[C@@H](O)N/N=C/c1cc(Cl)cc(Cl)c1OCC#N. The number of carbonyl (C=O) groups excluding carboxylic acids is 2. The van der Waals surface area contributed by atoms with Gasteiger partial charge in [0.2, 0.25) is 0 Å². The number of carbonyl (C=O) groups is 2. The molecule has 3 rings (SSSR count). The number of hydrogen-bond acceptors (Lipinski definition) is 10. The van der Waals surface area contributed by atoms with Crippen LogP contribution in [0.1, 0.15) is 31.0 Å². The van der Waals surface area contributed by atoms with Crippen molar-refractivity contribution in [3.8, 4) is 23.3 Å². The third-order valence-corrected chi connectivity index (χ3v) is 5.92. The number of methoxy groups -OCH3 is 1. The lowest BCUT2D eigenvalue weighted by Gasteiger charge is -2.28. The fraction of sp³-hybridized carbons (Fsp3) is 0.308. The minimum atomic E-state index is -1.23. The number of hydrogen-bond donors (Lipinski definition) is 4. The monoisotopic (exact) mass is 591 g/mol. The lowest BCUT2D eigenvalue weighted by molar-refractivity contribution is -0.136. The third kappa shape index (κ3) is 7.69. The van der Waals surface area contributed by atoms with Crippen molar-refractivity contribution < 1.29 is 33.6 Å². The highest BCUT2D eigenvalue weighted by Crippen LogP contribution is 2.35. The van der Waals surface area contributed by atoms with E-state index < -0.39 is 24.3 Å². The first-order valence-electron chi connectivity index (χ1n) is 11.9. The number of halogens is 2. The van der Waals surface area contributed by atoms with Crippen LogP contribution in [-0.2, 0) is 9.53 Å². The van der Waals surface area contributed by atoms with Crippen LogP contribution in [0.4, 0.5) is 4.79 Å². The van der Waals surface area contributed by atoms with E-state index in [2.05, 4.69) is 21.2 Å². The van der Waals surface area contributed by atoms with Gasteiger partial charge in [0.05, 0.1) is 36.6 Å². The van der Waals surface area contributed by atoms with Crippen molar-refractivity contribution in [2.45, 2.75) is 26.1 Å². The van der Waals surface area contributed by atoms with Gasteiger partial charge in [-0.25, -0.2) is 9.59 Å². The fourth-order valence-electron chi connectivity index (χ4n) is 3.75. The zero-order valence-corrected chi connectivity index (χ0v) is 23.3. The number of amides is 2. The molecule has 0 saturated carbocycles. The molecule has 0 radical (unpaired) electrons. The average molecular weight is 592 g/mol. The lowest BCUT2D eigenvalue weighted by Crippen LogP contribution is -2.45. The molecule has 0 bridgehead atoms. The largest absolute Gasteiger partial charge is 0.490 e. The first kappa shape index (κ1) is 30.4. The zero-order valence-electron chi connectivity index (χ0n) is 21.8. The molecule has 1 aliphatic rings. The Balaban J connectivity index is 1.72. The standard InChI is InChI=1S/C26H27Cl2N5O7/c1-4-38-20-10-15(23-22(25(35)37-3)14(2)31-26(36)32-23)5-6-19(20)40-13-21(34)33-30-12-16-9-17(27)11-18(28)24(16)39-8-7-29/h5-6,9-12,21,23,33-34H,4,8,13H2,1-3H3,(H2,31,32,36)/b30-12+/t21-,23+/m1/s1. The number of aliphatic hydroxyl groups excluding tert-OH is 1. The smallest absolute Gasteiger partial charge is 0.337 e. The molecule has 0 aromatic heterocycles. The number of rotatable bonds is 12. The van der Waals surface area contributed by atoms with E-state index in [0.29, 0.717) is 40.0 Å². The minimum Gasteiger partial charge on any atom is -0.490 e. The number of nitriles is 1. The lowest BCUT2D eigenvalue weighted by atomic mass is 9.95. The maximum absolute atomic E-state index is 12.4. The molecule has 0 saturated heterocycles. The number of aliphatic hydroxyl groups is 1. The summed E-state index contributed by atoms with van der Waals surface area (Å²) < 4.78 is 21.7. The number of urea groups is 1. The molecule has 14 heteroatoms. The second-order valence-electron chi connectivity index (χ2n) is 8.17. The van der Waals surface area contributed by atoms with Crippen molar-refractivity contribution in [1.29, 1.82) is 5.26 Å². The molecule has 0 fully saturated rings. The molecule has 212 valence electrons. The van der Waals surface area contributed by atoms with E-state index in [9.17, 15) is 14.7 Å². The Bertz CT molecular complexity index is 1360. The molecule has 4 N–H and O–H groups in total. The van der Waals surface area contributed by atoms with Gasteiger partial charge in [-0.2, -0.15) is 10.4 Å². The van der Waals surface area contributed by atoms with Gasteiger partial charge in [-0.05, 0) is 43.7 Å². The molecule has 0 spiro atoms. The third-order valence-electron chi connectivity index (χ3n) is 5.42. The summed E-state index contributed by atoms with van der Waals surface area (Å²) >= 11 is 12.2. The van der Waals surface area contributed by atoms with Crippen LogP contribution < -0.4 is 30.3 Å². The number of esters is 1. The second-order valence-corrected chi connectivity index (χ2v) is 9.01. The van der Waals surface area contributed by atoms with Crippen molar-refractivity contribution in [3.63, 3.8) is 0 Å². The van der Waals surface area contributed by atoms with Crippen LogP contribution >= 0.6 is 23.2 Å². The van der Waals surface area contributed by atoms with Gasteiger partial charge in [-0.3, -0.25) is 5.43 Å². The predicted molar refractivity (Wildman–Crippen MR) is 147 cm³/mol. The number of ether oxygens (including phenoxy) is 4. The first-order valence-corrected chi connectivity index (χ1v) is 12.7. The molecule has 0 aliphatic carbocycles. The zero-order chi connectivity index (χ0) is 29.2. The highest BCUT2D eigenvalue weighted by Gasteiger charge is 2.32. The molecule has 40 heavy (non-hydrogen) atoms. The van der Waals surface area contributed by atoms with Crippen LogP contribution in [0.2, 0.25) is 10.0 Å². The maximum Gasteiger partial charge on any atom is 0.337 e. The van der Waals surface area contributed by atoms with E-state index in [0.717, 1.165) is 0 Å². The Kier molecular flexibility index (Phi) is 10.8. The quantitative estimate of drug-likeness (QED) is 0.125. The number of nitrogens with one attached hydrogen (secondary N) is 3. The second kappa shape index (κ2) is 14.3. The molecule has 1 aliphatic heterocycles. The van der Waals surface area contributed by atoms with Gasteiger partial charge in [0.1, 0.15) is 18.4 Å². The molecule has 2 aromatic carbocycles. The molecule has 1 heterocycles. The summed E-state index contributed by atoms with van der Waals surface area (Å²) in [7, 11) is 1.26. The van der Waals surface area contributed by atoms with E-state index in [1.807, 2.05) is 6.07 Å². The van der Waals surface area contributed by atoms with E-state index in [1.165, 1.54) is 25.5 Å². The van der Waals surface area contributed by atoms with Crippen LogP contribution in [-0.4, -0.2) is 56.5 Å². The molecule has 2 atom stereocenters. The average Bonchev–Trinajstić information content (AvgIpc) is 2.91. The summed E-state index contributed by atoms with van der Waals surface area (Å²) in [4.78, 5) is 24.5. The van der Waals surface area contributed by atoms with Gasteiger partial charge in [0.25, 0.3) is 0 Å². The highest BCUT2D eigenvalue weighted by molar-refractivity contribution is 6.36. The Morgan fingerprint density at radius 1 is 1.25 bits per heavy atom. The molecule has 2 aromatic rings. The summed E-state index contributed by atoms with van der Waals surface area (Å²) in [6.45, 7) is 3.25. The van der Waals surface area contributed by atoms with Crippen LogP contribution in [0.25, 0.3) is 0 Å². The van der Waals surface area contributed by atoms with E-state index in [4.69, 9.17) is 47.4 Å². The molecular formula is C26H27Cl2N5O7. The van der Waals surface area contributed by atoms with Gasteiger partial charge in [-0.1, -0.05) is 29.3 Å². The maximum atomic E-state index is 12.4. The Morgan fingerprint density at radius 3 is 2.73 bits per heavy atom. The number of hydrazone groups is 1. The molecule has 12 nitrogen and oxygen atoms in total. The van der Waals surface area contributed by atoms with Crippen LogP contribution in [0.3, 0.4) is 0 Å². The topological polar surface area (TPSA) is 164 Å². The summed E-state index contributed by atoms with van der Waals surface area (Å²) in [6, 6.07) is 8.51. The predicted octanol–water partition coefficient (Wildman–Crippen LogP) is 3.42. The van der Waals surface area contributed by atoms with E-state index in [1.54, 1.807) is 32.0 Å². The van der Waals surface area contributed by atoms with Crippen molar-refractivity contribution in [2.75, 3.05) is 26.9 Å². The molecular weight excluding hydrogens is 565 g/mol. The van der Waals surface area contributed by atoms with Crippen molar-refractivity contribution in [2.24, 2.45) is 5.10 Å². The van der Waals surface area contributed by atoms with Gasteiger partial charge in [0.15, 0.2) is 24.3 Å². The van der Waals surface area contributed by atoms with Crippen molar-refractivity contribution in [3.05, 3.63) is 62.8 Å². The molecule has 0 unspecified atom stereocenters. The Morgan fingerprint density at radius 2 is 2.02 bits per heavy atom. The Hall–Kier alpha value is -4.18. The Labute approximate surface area is 240 Å². The van der Waals surface area contributed by atoms with E-state index >= 15 is 0 Å². The summed E-state index contributed by atoms with van der Waals surface area (Å²) in [5, 5.41) is 28.9. The summed E-state index contributed by atoms with van der Waals surface area (Å²) in [6.07, 6.45) is 0.0966. The normalized spacial score (nSPS) is 15.5. The highest BCUT2D eigenvalue weighted by atomic mass is 35.5. The van der Waals surface area contributed by atoms with Gasteiger partial charge >= 0.3 is 12.0 Å². The van der Waals surface area contributed by atoms with Gasteiger partial charge in [0, 0.05) is 16.3 Å². The number of nitrogens with zero attached hydrogens (tertiary/aromatic N) is 2.